The van der Waals surface area contributed by atoms with E-state index < -0.39 is 24.3 Å². The standard InChI is InChI=1S/C47H57N9O7/c1-24(2)39(52-46(59)61-6)44(57)54-18-8-9-36(54)42-48-22-33(50-42)28-13-17-35-30(19-28)20-37-32-16-12-29(21-38(32)63-26(5)55(35)37)34-23-49-43(51-34)41-27-10-14-31(15-11-27)56(41)45(58)40(25(3)4)53-47(60)62-7/h12-13,16-17,19-27,31,36,39-41H,8-11,14-15,18H2,1-7H3,(H,48,50)(H,49,51)(H,52,59)(H,53,60)/t26?,27?,31?,36?,39-,40-,41-/m0/s1. The minimum atomic E-state index is -0.705. The van der Waals surface area contributed by atoms with Crippen molar-refractivity contribution in [1.29, 1.82) is 0 Å². The van der Waals surface area contributed by atoms with Crippen molar-refractivity contribution in [2.45, 2.75) is 110 Å². The van der Waals surface area contributed by atoms with E-state index in [1.807, 2.05) is 56.8 Å². The lowest BCUT2D eigenvalue weighted by Crippen LogP contribution is -2.59. The number of alkyl carbamates (subject to hydrolysis) is 2. The largest absolute Gasteiger partial charge is 0.470 e. The third kappa shape index (κ3) is 7.56. The Morgan fingerprint density at radius 1 is 0.778 bits per heavy atom. The fraction of sp³-hybridized carbons (Fsp3) is 0.489. The van der Waals surface area contributed by atoms with Crippen molar-refractivity contribution < 1.29 is 33.4 Å². The van der Waals surface area contributed by atoms with E-state index in [4.69, 9.17) is 24.2 Å². The van der Waals surface area contributed by atoms with E-state index in [0.717, 1.165) is 94.8 Å². The molecule has 2 aromatic carbocycles. The third-order valence-corrected chi connectivity index (χ3v) is 13.6. The predicted molar refractivity (Wildman–Crippen MR) is 235 cm³/mol. The van der Waals surface area contributed by atoms with Crippen LogP contribution in [-0.2, 0) is 19.1 Å². The van der Waals surface area contributed by atoms with Crippen molar-refractivity contribution in [3.63, 3.8) is 0 Å². The number of H-pyrrole nitrogens is 2. The molecule has 0 spiro atoms. The summed E-state index contributed by atoms with van der Waals surface area (Å²) in [4.78, 5) is 72.7. The van der Waals surface area contributed by atoms with Gasteiger partial charge in [0.05, 0.1) is 61.3 Å². The second-order valence-corrected chi connectivity index (χ2v) is 18.1. The quantitative estimate of drug-likeness (QED) is 0.108. The maximum absolute atomic E-state index is 14.2. The summed E-state index contributed by atoms with van der Waals surface area (Å²) in [5.41, 5.74) is 6.65. The molecule has 16 heteroatoms. The minimum Gasteiger partial charge on any atom is -0.470 e. The van der Waals surface area contributed by atoms with E-state index in [2.05, 4.69) is 67.6 Å². The second kappa shape index (κ2) is 16.8. The Balaban J connectivity index is 0.956. The number of piperidine rings is 2. The van der Waals surface area contributed by atoms with Crippen molar-refractivity contribution in [2.75, 3.05) is 20.8 Å². The first-order valence-electron chi connectivity index (χ1n) is 22.2. The van der Waals surface area contributed by atoms with Crippen LogP contribution < -0.4 is 15.4 Å². The zero-order valence-electron chi connectivity index (χ0n) is 36.9. The minimum absolute atomic E-state index is 0.0853. The number of nitrogens with zero attached hydrogens (tertiary/aromatic N) is 5. The molecule has 4 fully saturated rings. The van der Waals surface area contributed by atoms with E-state index in [1.54, 1.807) is 0 Å². The normalized spacial score (nSPS) is 22.4. The highest BCUT2D eigenvalue weighted by Crippen LogP contribution is 2.48. The molecule has 16 nitrogen and oxygen atoms in total. The van der Waals surface area contributed by atoms with E-state index in [9.17, 15) is 19.2 Å². The molecule has 2 bridgehead atoms. The van der Waals surface area contributed by atoms with Crippen molar-refractivity contribution in [3.05, 3.63) is 66.5 Å². The molecule has 5 atom stereocenters. The molecule has 5 aliphatic rings. The topological polar surface area (TPSA) is 189 Å². The number of hydrogen-bond acceptors (Lipinski definition) is 9. The summed E-state index contributed by atoms with van der Waals surface area (Å²) < 4.78 is 18.5. The molecule has 1 aliphatic carbocycles. The van der Waals surface area contributed by atoms with Crippen molar-refractivity contribution >= 4 is 34.9 Å². The number of hydrogen-bond donors (Lipinski definition) is 4. The Bertz CT molecular complexity index is 2550. The van der Waals surface area contributed by atoms with Gasteiger partial charge in [-0.2, -0.15) is 0 Å². The second-order valence-electron chi connectivity index (χ2n) is 18.1. The van der Waals surface area contributed by atoms with Gasteiger partial charge in [-0.15, -0.1) is 0 Å². The van der Waals surface area contributed by atoms with Crippen LogP contribution in [0, 0.1) is 17.8 Å². The molecule has 4 aliphatic heterocycles. The van der Waals surface area contributed by atoms with E-state index >= 15 is 0 Å². The molecule has 3 saturated heterocycles. The Morgan fingerprint density at radius 2 is 1.40 bits per heavy atom. The Labute approximate surface area is 366 Å². The molecular formula is C47H57N9O7. The summed E-state index contributed by atoms with van der Waals surface area (Å²) in [5, 5.41) is 6.55. The van der Waals surface area contributed by atoms with Crippen LogP contribution in [0.25, 0.3) is 44.7 Å². The fourth-order valence-corrected chi connectivity index (χ4v) is 10.4. The molecule has 2 unspecified atom stereocenters. The number of methoxy groups -OCH3 is 2. The summed E-state index contributed by atoms with van der Waals surface area (Å²) >= 11 is 0. The number of rotatable bonds is 10. The number of nitrogens with one attached hydrogen (secondary N) is 4. The van der Waals surface area contributed by atoms with Crippen LogP contribution in [0.5, 0.6) is 5.75 Å². The molecular weight excluding hydrogens is 803 g/mol. The average molecular weight is 860 g/mol. The molecule has 0 radical (unpaired) electrons. The van der Waals surface area contributed by atoms with Crippen molar-refractivity contribution in [3.8, 4) is 39.5 Å². The molecule has 4 amide bonds. The molecule has 63 heavy (non-hydrogen) atoms. The van der Waals surface area contributed by atoms with Crippen LogP contribution in [0.3, 0.4) is 0 Å². The van der Waals surface area contributed by atoms with Gasteiger partial charge in [-0.05, 0) is 93.5 Å². The van der Waals surface area contributed by atoms with Gasteiger partial charge in [-0.1, -0.05) is 39.8 Å². The van der Waals surface area contributed by atoms with Crippen LogP contribution in [0.2, 0.25) is 0 Å². The SMILES string of the molecule is COC(=O)N[C@H](C(=O)N1CCCC1c1ncc(-c2ccc3c(c2)cc2n3C(C)Oc3cc(-c4cnc([C@@H]5C6CCC(CC6)N5C(=O)[C@@H](NC(=O)OC)C(C)C)[nH]4)ccc3-2)[nH]1)C(C)C. The van der Waals surface area contributed by atoms with Gasteiger partial charge in [0, 0.05) is 34.7 Å². The molecule has 4 N–H and O–H groups in total. The third-order valence-electron chi connectivity index (χ3n) is 13.6. The lowest BCUT2D eigenvalue weighted by molar-refractivity contribution is -0.149. The Kier molecular flexibility index (Phi) is 11.2. The fourth-order valence-electron chi connectivity index (χ4n) is 10.4. The summed E-state index contributed by atoms with van der Waals surface area (Å²) in [6.07, 6.45) is 7.67. The van der Waals surface area contributed by atoms with Crippen molar-refractivity contribution in [1.82, 2.24) is 44.9 Å². The number of aromatic nitrogens is 5. The van der Waals surface area contributed by atoms with E-state index in [0.29, 0.717) is 12.4 Å². The Morgan fingerprint density at radius 3 is 2.06 bits per heavy atom. The molecule has 1 saturated carbocycles. The Hall–Kier alpha value is -6.32. The first kappa shape index (κ1) is 42.0. The van der Waals surface area contributed by atoms with E-state index in [1.165, 1.54) is 14.2 Å². The number of fused-ring (bicyclic) bond motifs is 8. The number of carbonyl (C=O) groups excluding carboxylic acids is 4. The smallest absolute Gasteiger partial charge is 0.407 e. The molecule has 3 aromatic heterocycles. The highest BCUT2D eigenvalue weighted by Gasteiger charge is 2.48. The lowest BCUT2D eigenvalue weighted by Gasteiger charge is -2.51. The summed E-state index contributed by atoms with van der Waals surface area (Å²) in [6.45, 7) is 10.3. The summed E-state index contributed by atoms with van der Waals surface area (Å²) in [6, 6.07) is 13.0. The predicted octanol–water partition coefficient (Wildman–Crippen LogP) is 7.87. The van der Waals surface area contributed by atoms with E-state index in [-0.39, 0.29) is 53.9 Å². The molecule has 332 valence electrons. The van der Waals surface area contributed by atoms with Crippen LogP contribution in [0.4, 0.5) is 9.59 Å². The van der Waals surface area contributed by atoms with Gasteiger partial charge in [-0.25, -0.2) is 19.6 Å². The first-order valence-corrected chi connectivity index (χ1v) is 22.2. The highest BCUT2D eigenvalue weighted by molar-refractivity contribution is 5.92. The number of aromatic amines is 2. The van der Waals surface area contributed by atoms with Crippen molar-refractivity contribution in [2.24, 2.45) is 17.8 Å². The number of amides is 4. The van der Waals surface area contributed by atoms with Gasteiger partial charge >= 0.3 is 12.2 Å². The zero-order chi connectivity index (χ0) is 44.3. The first-order chi connectivity index (χ1) is 30.3. The van der Waals surface area contributed by atoms with Gasteiger partial charge < -0.3 is 49.2 Å². The van der Waals surface area contributed by atoms with Gasteiger partial charge in [0.15, 0.2) is 6.23 Å². The van der Waals surface area contributed by atoms with Gasteiger partial charge in [-0.3, -0.25) is 9.59 Å². The maximum atomic E-state index is 14.2. The molecule has 7 heterocycles. The van der Waals surface area contributed by atoms with Crippen LogP contribution >= 0.6 is 0 Å². The zero-order valence-corrected chi connectivity index (χ0v) is 36.9. The maximum Gasteiger partial charge on any atom is 0.407 e. The van der Waals surface area contributed by atoms with Crippen LogP contribution in [0.15, 0.2) is 54.9 Å². The number of ether oxygens (including phenoxy) is 3. The van der Waals surface area contributed by atoms with Crippen LogP contribution in [-0.4, -0.2) is 97.2 Å². The number of carbonyl (C=O) groups is 4. The van der Waals surface area contributed by atoms with Gasteiger partial charge in [0.25, 0.3) is 0 Å². The van der Waals surface area contributed by atoms with Crippen LogP contribution in [0.1, 0.15) is 103 Å². The number of benzene rings is 2. The molecule has 10 rings (SSSR count). The number of imidazole rings is 2. The molecule has 5 aromatic rings. The average Bonchev–Trinajstić information content (AvgIpc) is 4.13. The lowest BCUT2D eigenvalue weighted by atomic mass is 9.73. The number of likely N-dealkylation sites (tertiary alicyclic amines) is 1. The monoisotopic (exact) mass is 859 g/mol. The van der Waals surface area contributed by atoms with Gasteiger partial charge in [0.1, 0.15) is 29.5 Å². The summed E-state index contributed by atoms with van der Waals surface area (Å²) in [5.74, 6) is 2.02. The van der Waals surface area contributed by atoms with Gasteiger partial charge in [0.2, 0.25) is 11.8 Å². The summed E-state index contributed by atoms with van der Waals surface area (Å²) in [7, 11) is 2.60. The highest BCUT2D eigenvalue weighted by atomic mass is 16.5.